The van der Waals surface area contributed by atoms with Crippen molar-refractivity contribution in [1.29, 1.82) is 5.26 Å². The van der Waals surface area contributed by atoms with E-state index in [0.29, 0.717) is 0 Å². The number of hydrogen-bond acceptors (Lipinski definition) is 4. The molecule has 6 heteroatoms. The van der Waals surface area contributed by atoms with E-state index in [2.05, 4.69) is 21.0 Å². The Labute approximate surface area is 107 Å². The molecule has 2 rings (SSSR count). The molecule has 0 amide bonds. The van der Waals surface area contributed by atoms with Crippen LogP contribution in [0.4, 0.5) is 5.82 Å². The largest absolute Gasteiger partial charge is 0.479 e. The van der Waals surface area contributed by atoms with E-state index in [1.807, 2.05) is 30.3 Å². The molecule has 0 fully saturated rings. The zero-order valence-corrected chi connectivity index (χ0v) is 10.6. The Bertz CT molecular complexity index is 583. The molecule has 0 spiro atoms. The Morgan fingerprint density at radius 1 is 1.41 bits per heavy atom. The molecular formula is C11H9BrN4O. The predicted molar refractivity (Wildman–Crippen MR) is 66.9 cm³/mol. The predicted octanol–water partition coefficient (Wildman–Crippen LogP) is 2.10. The van der Waals surface area contributed by atoms with Crippen molar-refractivity contribution < 1.29 is 4.74 Å². The average Bonchev–Trinajstić information content (AvgIpc) is 2.66. The normalized spacial score (nSPS) is 9.94. The van der Waals surface area contributed by atoms with Crippen LogP contribution in [-0.4, -0.2) is 16.9 Å². The number of nitrogens with zero attached hydrogens (tertiary/aromatic N) is 3. The summed E-state index contributed by atoms with van der Waals surface area (Å²) in [5.74, 6) is 0.500. The topological polar surface area (TPSA) is 76.9 Å². The third-order valence-corrected chi connectivity index (χ3v) is 2.79. The molecule has 0 saturated heterocycles. The van der Waals surface area contributed by atoms with Gasteiger partial charge in [0.15, 0.2) is 5.56 Å². The lowest BCUT2D eigenvalue weighted by atomic mass is 10.3. The van der Waals surface area contributed by atoms with E-state index in [4.69, 9.17) is 15.7 Å². The molecule has 2 N–H and O–H groups in total. The number of aromatic nitrogens is 2. The molecule has 0 radical (unpaired) electrons. The molecule has 86 valence electrons. The van der Waals surface area contributed by atoms with E-state index in [-0.39, 0.29) is 17.3 Å². The summed E-state index contributed by atoms with van der Waals surface area (Å²) in [4.78, 5) is 0. The second-order valence-corrected chi connectivity index (χ2v) is 4.19. The maximum atomic E-state index is 8.96. The van der Waals surface area contributed by atoms with E-state index >= 15 is 0 Å². The Kier molecular flexibility index (Phi) is 3.02. The first-order chi connectivity index (χ1) is 8.17. The lowest BCUT2D eigenvalue weighted by molar-refractivity contribution is 0.393. The molecule has 0 bridgehead atoms. The molecule has 0 aliphatic heterocycles. The summed E-state index contributed by atoms with van der Waals surface area (Å²) in [6.07, 6.45) is 0. The summed E-state index contributed by atoms with van der Waals surface area (Å²) >= 11 is 3.35. The molecule has 0 unspecified atom stereocenters. The van der Waals surface area contributed by atoms with Crippen LogP contribution in [0, 0.1) is 11.3 Å². The van der Waals surface area contributed by atoms with E-state index in [1.54, 1.807) is 0 Å². The van der Waals surface area contributed by atoms with Crippen molar-refractivity contribution in [2.24, 2.45) is 0 Å². The van der Waals surface area contributed by atoms with E-state index in [9.17, 15) is 0 Å². The SMILES string of the molecule is COc1nn(-c2ccc(Br)cc2)c(N)c1C#N. The molecule has 1 aromatic heterocycles. The van der Waals surface area contributed by atoms with Gasteiger partial charge in [-0.1, -0.05) is 15.9 Å². The van der Waals surface area contributed by atoms with Gasteiger partial charge in [-0.2, -0.15) is 5.26 Å². The second kappa shape index (κ2) is 4.47. The second-order valence-electron chi connectivity index (χ2n) is 3.27. The van der Waals surface area contributed by atoms with Crippen molar-refractivity contribution in [3.63, 3.8) is 0 Å². The molecule has 0 saturated carbocycles. The van der Waals surface area contributed by atoms with Crippen LogP contribution >= 0.6 is 15.9 Å². The Morgan fingerprint density at radius 3 is 2.53 bits per heavy atom. The monoisotopic (exact) mass is 292 g/mol. The first-order valence-electron chi connectivity index (χ1n) is 4.76. The van der Waals surface area contributed by atoms with Gasteiger partial charge in [-0.15, -0.1) is 5.10 Å². The number of rotatable bonds is 2. The zero-order chi connectivity index (χ0) is 12.4. The van der Waals surface area contributed by atoms with Crippen LogP contribution in [0.15, 0.2) is 28.7 Å². The highest BCUT2D eigenvalue weighted by Gasteiger charge is 2.16. The van der Waals surface area contributed by atoms with Crippen LogP contribution in [0.1, 0.15) is 5.56 Å². The highest BCUT2D eigenvalue weighted by Crippen LogP contribution is 2.26. The molecule has 5 nitrogen and oxygen atoms in total. The summed E-state index contributed by atoms with van der Waals surface area (Å²) in [7, 11) is 1.45. The minimum absolute atomic E-state index is 0.230. The number of ether oxygens (including phenoxy) is 1. The lowest BCUT2D eigenvalue weighted by Crippen LogP contribution is -2.02. The lowest BCUT2D eigenvalue weighted by Gasteiger charge is -2.02. The third-order valence-electron chi connectivity index (χ3n) is 2.27. The molecule has 1 heterocycles. The maximum absolute atomic E-state index is 8.96. The minimum Gasteiger partial charge on any atom is -0.479 e. The maximum Gasteiger partial charge on any atom is 0.253 e. The fourth-order valence-electron chi connectivity index (χ4n) is 1.44. The number of benzene rings is 1. The van der Waals surface area contributed by atoms with Crippen LogP contribution in [-0.2, 0) is 0 Å². The average molecular weight is 293 g/mol. The van der Waals surface area contributed by atoms with Gasteiger partial charge in [-0.05, 0) is 24.3 Å². The van der Waals surface area contributed by atoms with Gasteiger partial charge >= 0.3 is 0 Å². The van der Waals surface area contributed by atoms with Crippen molar-refractivity contribution in [1.82, 2.24) is 9.78 Å². The molecule has 0 aliphatic rings. The number of halogens is 1. The third kappa shape index (κ3) is 1.97. The summed E-state index contributed by atoms with van der Waals surface area (Å²) in [6, 6.07) is 9.40. The van der Waals surface area contributed by atoms with E-state index in [1.165, 1.54) is 11.8 Å². The van der Waals surface area contributed by atoms with Gasteiger partial charge in [0.1, 0.15) is 11.9 Å². The minimum atomic E-state index is 0.230. The fraction of sp³-hybridized carbons (Fsp3) is 0.0909. The van der Waals surface area contributed by atoms with Crippen LogP contribution in [0.2, 0.25) is 0 Å². The van der Waals surface area contributed by atoms with Crippen LogP contribution in [0.3, 0.4) is 0 Å². The highest BCUT2D eigenvalue weighted by atomic mass is 79.9. The smallest absolute Gasteiger partial charge is 0.253 e. The van der Waals surface area contributed by atoms with Crippen molar-refractivity contribution in [3.05, 3.63) is 34.3 Å². The molecule has 0 atom stereocenters. The van der Waals surface area contributed by atoms with E-state index in [0.717, 1.165) is 10.2 Å². The zero-order valence-electron chi connectivity index (χ0n) is 9.01. The molecule has 2 aromatic rings. The molecule has 1 aromatic carbocycles. The summed E-state index contributed by atoms with van der Waals surface area (Å²) in [6.45, 7) is 0. The van der Waals surface area contributed by atoms with Crippen molar-refractivity contribution in [3.8, 4) is 17.6 Å². The van der Waals surface area contributed by atoms with Crippen LogP contribution in [0.25, 0.3) is 5.69 Å². The Balaban J connectivity index is 2.57. The number of anilines is 1. The van der Waals surface area contributed by atoms with Crippen molar-refractivity contribution in [2.45, 2.75) is 0 Å². The summed E-state index contributed by atoms with van der Waals surface area (Å²) < 4.78 is 7.43. The molecular weight excluding hydrogens is 284 g/mol. The standard InChI is InChI=1S/C11H9BrN4O/c1-17-11-9(6-13)10(14)16(15-11)8-4-2-7(12)3-5-8/h2-5H,14H2,1H3. The Hall–Kier alpha value is -2.00. The van der Waals surface area contributed by atoms with Gasteiger partial charge in [0.25, 0.3) is 5.88 Å². The highest BCUT2D eigenvalue weighted by molar-refractivity contribution is 9.10. The molecule has 17 heavy (non-hydrogen) atoms. The number of nitrogens with two attached hydrogens (primary N) is 1. The summed E-state index contributed by atoms with van der Waals surface area (Å²) in [5.41, 5.74) is 6.86. The van der Waals surface area contributed by atoms with Gasteiger partial charge in [0.2, 0.25) is 0 Å². The van der Waals surface area contributed by atoms with Gasteiger partial charge in [-0.3, -0.25) is 0 Å². The van der Waals surface area contributed by atoms with Crippen molar-refractivity contribution >= 4 is 21.7 Å². The number of hydrogen-bond donors (Lipinski definition) is 1. The van der Waals surface area contributed by atoms with Gasteiger partial charge in [0.05, 0.1) is 12.8 Å². The van der Waals surface area contributed by atoms with Crippen LogP contribution < -0.4 is 10.5 Å². The van der Waals surface area contributed by atoms with Gasteiger partial charge in [-0.25, -0.2) is 4.68 Å². The Morgan fingerprint density at radius 2 is 2.06 bits per heavy atom. The number of nitriles is 1. The quantitative estimate of drug-likeness (QED) is 0.919. The van der Waals surface area contributed by atoms with E-state index < -0.39 is 0 Å². The van der Waals surface area contributed by atoms with Gasteiger partial charge in [0, 0.05) is 4.47 Å². The van der Waals surface area contributed by atoms with Crippen LogP contribution in [0.5, 0.6) is 5.88 Å². The number of methoxy groups -OCH3 is 1. The fourth-order valence-corrected chi connectivity index (χ4v) is 1.70. The summed E-state index contributed by atoms with van der Waals surface area (Å²) in [5, 5.41) is 13.1. The van der Waals surface area contributed by atoms with Gasteiger partial charge < -0.3 is 10.5 Å². The first-order valence-corrected chi connectivity index (χ1v) is 5.55. The first kappa shape index (κ1) is 11.5. The number of nitrogen functional groups attached to an aromatic ring is 1. The van der Waals surface area contributed by atoms with Crippen molar-refractivity contribution in [2.75, 3.05) is 12.8 Å². The molecule has 0 aliphatic carbocycles.